The third kappa shape index (κ3) is 8.18. The topological polar surface area (TPSA) is 50.3 Å². The van der Waals surface area contributed by atoms with Crippen LogP contribution in [0.5, 0.6) is 0 Å². The second kappa shape index (κ2) is 16.4. The molecule has 0 aliphatic carbocycles. The molecule has 2 heterocycles. The lowest BCUT2D eigenvalue weighted by molar-refractivity contribution is -0.114. The van der Waals surface area contributed by atoms with Crippen LogP contribution in [-0.4, -0.2) is 74.3 Å². The summed E-state index contributed by atoms with van der Waals surface area (Å²) in [7, 11) is 4.34. The molecule has 0 unspecified atom stereocenters. The van der Waals surface area contributed by atoms with E-state index in [1.165, 1.54) is 46.6 Å². The maximum absolute atomic E-state index is 12.7. The molecule has 0 bridgehead atoms. The molecule has 56 heavy (non-hydrogen) atoms. The fraction of sp³-hybridized carbons (Fsp3) is 0.220. The molecule has 0 saturated carbocycles. The average molecular weight is 739 g/mol. The Hall–Kier alpha value is -5.95. The monoisotopic (exact) mass is 738 g/mol. The van der Waals surface area contributed by atoms with Gasteiger partial charge in [-0.1, -0.05) is 97.1 Å². The van der Waals surface area contributed by atoms with E-state index in [1.807, 2.05) is 6.07 Å². The number of hydrogen-bond acceptors (Lipinski definition) is 6. The number of nitrogens with zero attached hydrogens (tertiary/aromatic N) is 4. The highest BCUT2D eigenvalue weighted by Crippen LogP contribution is 2.41. The molecule has 2 fully saturated rings. The fourth-order valence-corrected chi connectivity index (χ4v) is 8.22. The maximum Gasteiger partial charge on any atom is 0.159 e. The number of aryl methyl sites for hydroxylation is 1. The first kappa shape index (κ1) is 37.0. The smallest absolute Gasteiger partial charge is 0.159 e. The van der Waals surface area contributed by atoms with Crippen molar-refractivity contribution in [2.45, 2.75) is 19.8 Å². The highest BCUT2D eigenvalue weighted by Gasteiger charge is 2.20. The van der Waals surface area contributed by atoms with Crippen molar-refractivity contribution in [2.75, 3.05) is 63.4 Å². The van der Waals surface area contributed by atoms with Crippen molar-refractivity contribution < 1.29 is 9.90 Å². The van der Waals surface area contributed by atoms with Crippen LogP contribution in [0, 0.1) is 0 Å². The Balaban J connectivity index is 1.23. The van der Waals surface area contributed by atoms with Crippen molar-refractivity contribution in [2.24, 2.45) is 0 Å². The minimum absolute atomic E-state index is 0.0366. The number of anilines is 2. The first-order chi connectivity index (χ1) is 27.3. The standard InChI is InChI=1S/C50H50N4O2/c1-36(55)30-45(56)25-20-37-10-4-5-11-46(37)40-31-41(49-14-8-6-12-47(49)38-16-21-43(22-17-38)53-28-26-51(2)34-53)33-42(32-40)50-15-9-7-13-48(50)39-18-23-44(24-19-39)54-29-27-52(3)35-54/h4-19,21-24,30-33,55H,20,25-29,34-35H2,1-3H3/b36-30-. The van der Waals surface area contributed by atoms with Gasteiger partial charge in [-0.15, -0.1) is 0 Å². The van der Waals surface area contributed by atoms with Crippen molar-refractivity contribution in [3.8, 4) is 55.6 Å². The van der Waals surface area contributed by atoms with Crippen molar-refractivity contribution in [1.82, 2.24) is 9.80 Å². The predicted molar refractivity (Wildman–Crippen MR) is 233 cm³/mol. The molecule has 6 heteroatoms. The van der Waals surface area contributed by atoms with Gasteiger partial charge in [0, 0.05) is 50.1 Å². The first-order valence-corrected chi connectivity index (χ1v) is 19.7. The molecule has 8 rings (SSSR count). The summed E-state index contributed by atoms with van der Waals surface area (Å²) in [6.45, 7) is 7.66. The Morgan fingerprint density at radius 3 is 1.34 bits per heavy atom. The molecule has 0 aromatic heterocycles. The highest BCUT2D eigenvalue weighted by atomic mass is 16.3. The SMILES string of the molecule is C/C(O)=C/C(=O)CCc1ccccc1-c1cc(-c2ccccc2-c2ccc(N3CCN(C)C3)cc2)cc(-c2ccccc2-c2ccc(N3CCN(C)C3)cc2)c1. The third-order valence-electron chi connectivity index (χ3n) is 11.2. The lowest BCUT2D eigenvalue weighted by Crippen LogP contribution is -2.22. The molecule has 2 saturated heterocycles. The van der Waals surface area contributed by atoms with Crippen molar-refractivity contribution in [3.05, 3.63) is 157 Å². The molecule has 2 aliphatic heterocycles. The number of benzene rings is 6. The zero-order valence-electron chi connectivity index (χ0n) is 32.7. The Morgan fingerprint density at radius 1 is 0.536 bits per heavy atom. The minimum Gasteiger partial charge on any atom is -0.512 e. The summed E-state index contributed by atoms with van der Waals surface area (Å²) in [6.07, 6.45) is 2.21. The Morgan fingerprint density at radius 2 is 0.929 bits per heavy atom. The van der Waals surface area contributed by atoms with Crippen LogP contribution in [-0.2, 0) is 11.2 Å². The van der Waals surface area contributed by atoms with Gasteiger partial charge in [-0.2, -0.15) is 0 Å². The zero-order chi connectivity index (χ0) is 38.6. The zero-order valence-corrected chi connectivity index (χ0v) is 32.7. The van der Waals surface area contributed by atoms with Crippen LogP contribution < -0.4 is 9.80 Å². The fourth-order valence-electron chi connectivity index (χ4n) is 8.22. The lowest BCUT2D eigenvalue weighted by Gasteiger charge is -2.20. The molecule has 282 valence electrons. The summed E-state index contributed by atoms with van der Waals surface area (Å²) >= 11 is 0. The van der Waals surface area contributed by atoms with Crippen LogP contribution >= 0.6 is 0 Å². The molecule has 0 amide bonds. The van der Waals surface area contributed by atoms with E-state index in [-0.39, 0.29) is 11.5 Å². The van der Waals surface area contributed by atoms with Crippen LogP contribution in [0.2, 0.25) is 0 Å². The van der Waals surface area contributed by atoms with Crippen molar-refractivity contribution in [1.29, 1.82) is 0 Å². The first-order valence-electron chi connectivity index (χ1n) is 19.7. The van der Waals surface area contributed by atoms with E-state index >= 15 is 0 Å². The summed E-state index contributed by atoms with van der Waals surface area (Å²) in [4.78, 5) is 22.2. The van der Waals surface area contributed by atoms with Gasteiger partial charge in [0.15, 0.2) is 5.78 Å². The van der Waals surface area contributed by atoms with Gasteiger partial charge in [0.1, 0.15) is 0 Å². The van der Waals surface area contributed by atoms with Crippen LogP contribution in [0.4, 0.5) is 11.4 Å². The molecule has 6 nitrogen and oxygen atoms in total. The summed E-state index contributed by atoms with van der Waals surface area (Å²) in [6, 6.07) is 50.8. The second-order valence-corrected chi connectivity index (χ2v) is 15.4. The number of allylic oxidation sites excluding steroid dienone is 2. The maximum atomic E-state index is 12.7. The Labute approximate surface area is 331 Å². The van der Waals surface area contributed by atoms with Gasteiger partial charge in [-0.3, -0.25) is 14.6 Å². The summed E-state index contributed by atoms with van der Waals surface area (Å²) in [5.41, 5.74) is 15.1. The van der Waals surface area contributed by atoms with Gasteiger partial charge in [-0.25, -0.2) is 0 Å². The van der Waals surface area contributed by atoms with E-state index in [4.69, 9.17) is 0 Å². The van der Waals surface area contributed by atoms with E-state index in [1.54, 1.807) is 0 Å². The normalized spacial score (nSPS) is 15.2. The van der Waals surface area contributed by atoms with Gasteiger partial charge in [-0.05, 0) is 131 Å². The number of aliphatic hydroxyl groups excluding tert-OH is 1. The van der Waals surface area contributed by atoms with E-state index in [0.29, 0.717) is 12.8 Å². The number of ketones is 1. The molecular weight excluding hydrogens is 689 g/mol. The molecule has 6 aromatic carbocycles. The molecule has 0 radical (unpaired) electrons. The van der Waals surface area contributed by atoms with E-state index in [0.717, 1.165) is 78.5 Å². The summed E-state index contributed by atoms with van der Waals surface area (Å²) < 4.78 is 0. The molecule has 1 N–H and O–H groups in total. The highest BCUT2D eigenvalue weighted by molar-refractivity contribution is 5.93. The Bertz CT molecular complexity index is 2240. The van der Waals surface area contributed by atoms with E-state index in [2.05, 4.69) is 167 Å². The second-order valence-electron chi connectivity index (χ2n) is 15.4. The number of hydrogen-bond donors (Lipinski definition) is 1. The van der Waals surface area contributed by atoms with Crippen LogP contribution in [0.1, 0.15) is 18.9 Å². The lowest BCUT2D eigenvalue weighted by atomic mass is 9.86. The van der Waals surface area contributed by atoms with E-state index < -0.39 is 0 Å². The molecule has 0 atom stereocenters. The molecular formula is C50H50N4O2. The van der Waals surface area contributed by atoms with Crippen LogP contribution in [0.3, 0.4) is 0 Å². The molecule has 6 aromatic rings. The van der Waals surface area contributed by atoms with Gasteiger partial charge in [0.05, 0.1) is 19.1 Å². The predicted octanol–water partition coefficient (Wildman–Crippen LogP) is 10.4. The quantitative estimate of drug-likeness (QED) is 0.106. The third-order valence-corrected chi connectivity index (χ3v) is 11.2. The van der Waals surface area contributed by atoms with Gasteiger partial charge in [0.2, 0.25) is 0 Å². The van der Waals surface area contributed by atoms with E-state index in [9.17, 15) is 9.90 Å². The van der Waals surface area contributed by atoms with Crippen molar-refractivity contribution in [3.63, 3.8) is 0 Å². The van der Waals surface area contributed by atoms with Gasteiger partial charge >= 0.3 is 0 Å². The van der Waals surface area contributed by atoms with Crippen LogP contribution in [0.25, 0.3) is 55.6 Å². The number of aliphatic hydroxyl groups is 1. The van der Waals surface area contributed by atoms with Gasteiger partial charge < -0.3 is 14.9 Å². The number of likely N-dealkylation sites (N-methyl/N-ethyl adjacent to an activating group) is 2. The summed E-state index contributed by atoms with van der Waals surface area (Å²) in [5, 5.41) is 9.72. The number of carbonyl (C=O) groups excluding carboxylic acids is 1. The molecule has 2 aliphatic rings. The van der Waals surface area contributed by atoms with Crippen molar-refractivity contribution >= 4 is 17.2 Å². The minimum atomic E-state index is -0.0809. The largest absolute Gasteiger partial charge is 0.512 e. The van der Waals surface area contributed by atoms with Crippen LogP contribution in [0.15, 0.2) is 151 Å². The number of carbonyl (C=O) groups is 1. The number of rotatable bonds is 11. The van der Waals surface area contributed by atoms with Gasteiger partial charge in [0.25, 0.3) is 0 Å². The molecule has 0 spiro atoms. The average Bonchev–Trinajstić information content (AvgIpc) is 3.88. The summed E-state index contributed by atoms with van der Waals surface area (Å²) in [5.74, 6) is -0.0443. The Kier molecular flexibility index (Phi) is 10.8.